The van der Waals surface area contributed by atoms with Crippen LogP contribution in [-0.2, 0) is 23.3 Å². The van der Waals surface area contributed by atoms with Gasteiger partial charge in [-0.2, -0.15) is 0 Å². The fourth-order valence-corrected chi connectivity index (χ4v) is 2.43. The van der Waals surface area contributed by atoms with Crippen molar-refractivity contribution in [1.82, 2.24) is 5.32 Å². The fraction of sp³-hybridized carbons (Fsp3) is 0.368. The van der Waals surface area contributed by atoms with Gasteiger partial charge in [0.05, 0.1) is 6.61 Å². The number of rotatable bonds is 7. The van der Waals surface area contributed by atoms with Crippen molar-refractivity contribution in [3.8, 4) is 0 Å². The highest BCUT2D eigenvalue weighted by Gasteiger charge is 2.19. The van der Waals surface area contributed by atoms with E-state index in [4.69, 9.17) is 4.74 Å². The minimum atomic E-state index is 0.136. The smallest absolute Gasteiger partial charge is 0.0713 e. The molecule has 2 rings (SSSR count). The molecule has 0 unspecified atom stereocenters. The van der Waals surface area contributed by atoms with E-state index in [2.05, 4.69) is 73.8 Å². The molecule has 0 atom stereocenters. The van der Waals surface area contributed by atoms with E-state index in [0.717, 1.165) is 13.1 Å². The largest absolute Gasteiger partial charge is 0.380 e. The lowest BCUT2D eigenvalue weighted by Gasteiger charge is -2.25. The van der Waals surface area contributed by atoms with E-state index in [9.17, 15) is 0 Å². The Balaban J connectivity index is 1.86. The summed E-state index contributed by atoms with van der Waals surface area (Å²) in [5.41, 5.74) is 4.02. The van der Waals surface area contributed by atoms with Gasteiger partial charge in [0.25, 0.3) is 0 Å². The zero-order valence-electron chi connectivity index (χ0n) is 13.2. The molecule has 0 aromatic heterocycles. The molecule has 112 valence electrons. The van der Waals surface area contributed by atoms with Crippen molar-refractivity contribution in [2.45, 2.75) is 32.4 Å². The van der Waals surface area contributed by atoms with E-state index in [1.165, 1.54) is 16.7 Å². The lowest BCUT2D eigenvalue weighted by atomic mass is 9.84. The second kappa shape index (κ2) is 7.39. The third kappa shape index (κ3) is 4.69. The molecule has 2 nitrogen and oxygen atoms in total. The summed E-state index contributed by atoms with van der Waals surface area (Å²) in [5.74, 6) is 0. The Hall–Kier alpha value is -1.64. The van der Waals surface area contributed by atoms with Crippen molar-refractivity contribution in [2.24, 2.45) is 0 Å². The van der Waals surface area contributed by atoms with Gasteiger partial charge in [-0.25, -0.2) is 0 Å². The molecule has 0 spiro atoms. The Labute approximate surface area is 128 Å². The number of benzene rings is 2. The van der Waals surface area contributed by atoms with Gasteiger partial charge in [0.2, 0.25) is 0 Å². The van der Waals surface area contributed by atoms with Gasteiger partial charge in [0.1, 0.15) is 0 Å². The van der Waals surface area contributed by atoms with Crippen LogP contribution < -0.4 is 5.32 Å². The van der Waals surface area contributed by atoms with Gasteiger partial charge in [-0.15, -0.1) is 0 Å². The standard InChI is InChI=1S/C19H25NO/c1-19(2,18-7-5-4-6-8-18)15-20-13-16-9-11-17(12-10-16)14-21-3/h4-12,20H,13-15H2,1-3H3. The Morgan fingerprint density at radius 1 is 0.905 bits per heavy atom. The average molecular weight is 283 g/mol. The first-order chi connectivity index (χ1) is 10.1. The van der Waals surface area contributed by atoms with Crippen LogP contribution in [0.1, 0.15) is 30.5 Å². The van der Waals surface area contributed by atoms with Crippen LogP contribution in [0.25, 0.3) is 0 Å². The molecule has 0 aliphatic rings. The van der Waals surface area contributed by atoms with Crippen LogP contribution in [0.4, 0.5) is 0 Å². The Morgan fingerprint density at radius 3 is 2.14 bits per heavy atom. The molecule has 0 aliphatic carbocycles. The summed E-state index contributed by atoms with van der Waals surface area (Å²) in [6, 6.07) is 19.2. The Kier molecular flexibility index (Phi) is 5.54. The molecular weight excluding hydrogens is 258 g/mol. The van der Waals surface area contributed by atoms with Gasteiger partial charge in [-0.1, -0.05) is 68.4 Å². The molecule has 0 saturated carbocycles. The van der Waals surface area contributed by atoms with Gasteiger partial charge in [0, 0.05) is 25.6 Å². The van der Waals surface area contributed by atoms with E-state index in [1.807, 2.05) is 0 Å². The Morgan fingerprint density at radius 2 is 1.52 bits per heavy atom. The molecular formula is C19H25NO. The lowest BCUT2D eigenvalue weighted by molar-refractivity contribution is 0.185. The first-order valence-electron chi connectivity index (χ1n) is 7.45. The van der Waals surface area contributed by atoms with E-state index in [-0.39, 0.29) is 5.41 Å². The third-order valence-corrected chi connectivity index (χ3v) is 3.79. The van der Waals surface area contributed by atoms with Gasteiger partial charge in [-0.3, -0.25) is 0 Å². The zero-order chi connectivity index (χ0) is 15.1. The summed E-state index contributed by atoms with van der Waals surface area (Å²) in [5, 5.41) is 3.56. The predicted octanol–water partition coefficient (Wildman–Crippen LogP) is 3.90. The summed E-state index contributed by atoms with van der Waals surface area (Å²) in [6.07, 6.45) is 0. The number of nitrogens with one attached hydrogen (secondary N) is 1. The minimum absolute atomic E-state index is 0.136. The second-order valence-corrected chi connectivity index (χ2v) is 6.10. The molecule has 0 heterocycles. The maximum atomic E-state index is 5.13. The van der Waals surface area contributed by atoms with E-state index in [1.54, 1.807) is 7.11 Å². The van der Waals surface area contributed by atoms with Crippen molar-refractivity contribution < 1.29 is 4.74 Å². The van der Waals surface area contributed by atoms with Crippen LogP contribution >= 0.6 is 0 Å². The van der Waals surface area contributed by atoms with Crippen LogP contribution in [0, 0.1) is 0 Å². The van der Waals surface area contributed by atoms with Gasteiger partial charge in [0.15, 0.2) is 0 Å². The van der Waals surface area contributed by atoms with E-state index in [0.29, 0.717) is 6.61 Å². The van der Waals surface area contributed by atoms with E-state index >= 15 is 0 Å². The van der Waals surface area contributed by atoms with Crippen LogP contribution in [0.2, 0.25) is 0 Å². The van der Waals surface area contributed by atoms with Gasteiger partial charge in [-0.05, 0) is 16.7 Å². The molecule has 1 N–H and O–H groups in total. The molecule has 0 saturated heterocycles. The highest BCUT2D eigenvalue weighted by molar-refractivity contribution is 5.24. The number of hydrogen-bond acceptors (Lipinski definition) is 2. The van der Waals surface area contributed by atoms with Crippen molar-refractivity contribution in [1.29, 1.82) is 0 Å². The molecule has 0 bridgehead atoms. The van der Waals surface area contributed by atoms with Crippen molar-refractivity contribution in [3.05, 3.63) is 71.3 Å². The lowest BCUT2D eigenvalue weighted by Crippen LogP contribution is -2.32. The number of methoxy groups -OCH3 is 1. The first kappa shape index (κ1) is 15.7. The van der Waals surface area contributed by atoms with Crippen molar-refractivity contribution >= 4 is 0 Å². The molecule has 0 aliphatic heterocycles. The molecule has 0 radical (unpaired) electrons. The number of hydrogen-bond donors (Lipinski definition) is 1. The molecule has 21 heavy (non-hydrogen) atoms. The first-order valence-corrected chi connectivity index (χ1v) is 7.45. The number of ether oxygens (including phenoxy) is 1. The maximum absolute atomic E-state index is 5.13. The quantitative estimate of drug-likeness (QED) is 0.832. The van der Waals surface area contributed by atoms with Crippen molar-refractivity contribution in [2.75, 3.05) is 13.7 Å². The maximum Gasteiger partial charge on any atom is 0.0713 e. The summed E-state index contributed by atoms with van der Waals surface area (Å²) < 4.78 is 5.13. The SMILES string of the molecule is COCc1ccc(CNCC(C)(C)c2ccccc2)cc1. The molecule has 2 heteroatoms. The fourth-order valence-electron chi connectivity index (χ4n) is 2.43. The van der Waals surface area contributed by atoms with Crippen LogP contribution in [0.3, 0.4) is 0 Å². The van der Waals surface area contributed by atoms with Crippen molar-refractivity contribution in [3.63, 3.8) is 0 Å². The highest BCUT2D eigenvalue weighted by Crippen LogP contribution is 2.21. The molecule has 2 aromatic rings. The van der Waals surface area contributed by atoms with Gasteiger partial charge < -0.3 is 10.1 Å². The topological polar surface area (TPSA) is 21.3 Å². The summed E-state index contributed by atoms with van der Waals surface area (Å²) >= 11 is 0. The molecule has 0 fully saturated rings. The van der Waals surface area contributed by atoms with Crippen LogP contribution in [0.5, 0.6) is 0 Å². The summed E-state index contributed by atoms with van der Waals surface area (Å²) in [4.78, 5) is 0. The predicted molar refractivity (Wildman–Crippen MR) is 88.3 cm³/mol. The normalized spacial score (nSPS) is 11.6. The molecule has 2 aromatic carbocycles. The monoisotopic (exact) mass is 283 g/mol. The average Bonchev–Trinajstić information content (AvgIpc) is 2.50. The van der Waals surface area contributed by atoms with Crippen LogP contribution in [-0.4, -0.2) is 13.7 Å². The van der Waals surface area contributed by atoms with E-state index < -0.39 is 0 Å². The summed E-state index contributed by atoms with van der Waals surface area (Å²) in [6.45, 7) is 7.07. The highest BCUT2D eigenvalue weighted by atomic mass is 16.5. The zero-order valence-corrected chi connectivity index (χ0v) is 13.2. The summed E-state index contributed by atoms with van der Waals surface area (Å²) in [7, 11) is 1.72. The third-order valence-electron chi connectivity index (χ3n) is 3.79. The second-order valence-electron chi connectivity index (χ2n) is 6.10. The molecule has 0 amide bonds. The van der Waals surface area contributed by atoms with Gasteiger partial charge >= 0.3 is 0 Å². The Bertz CT molecular complexity index is 531. The van der Waals surface area contributed by atoms with Crippen LogP contribution in [0.15, 0.2) is 54.6 Å². The minimum Gasteiger partial charge on any atom is -0.380 e.